The Morgan fingerprint density at radius 3 is 2.42 bits per heavy atom. The molecule has 2 rings (SSSR count). The first-order valence-corrected chi connectivity index (χ1v) is 7.32. The lowest BCUT2D eigenvalue weighted by Crippen LogP contribution is -2.13. The first-order chi connectivity index (χ1) is 8.88. The Labute approximate surface area is 113 Å². The van der Waals surface area contributed by atoms with Crippen molar-refractivity contribution in [1.82, 2.24) is 0 Å². The van der Waals surface area contributed by atoms with E-state index in [2.05, 4.69) is 4.72 Å². The molecule has 3 N–H and O–H groups in total. The molecule has 0 aromatic heterocycles. The Balaban J connectivity index is 2.35. The van der Waals surface area contributed by atoms with Gasteiger partial charge < -0.3 is 5.73 Å². The number of nitrogen functional groups attached to an aromatic ring is 1. The molecule has 5 heteroatoms. The molecule has 2 aromatic rings. The largest absolute Gasteiger partial charge is 0.398 e. The number of rotatable bonds is 3. The maximum atomic E-state index is 12.2. The van der Waals surface area contributed by atoms with Crippen LogP contribution in [0.4, 0.5) is 11.4 Å². The average molecular weight is 276 g/mol. The van der Waals surface area contributed by atoms with Crippen LogP contribution in [0, 0.1) is 13.8 Å². The first kappa shape index (κ1) is 13.4. The summed E-state index contributed by atoms with van der Waals surface area (Å²) in [5.74, 6) is 0. The SMILES string of the molecule is Cc1cccc(NS(=O)(=O)c2ccc(C)c(N)c2)c1. The Morgan fingerprint density at radius 1 is 1.05 bits per heavy atom. The van der Waals surface area contributed by atoms with Crippen molar-refractivity contribution in [3.8, 4) is 0 Å². The van der Waals surface area contributed by atoms with E-state index in [0.29, 0.717) is 11.4 Å². The van der Waals surface area contributed by atoms with Crippen molar-refractivity contribution in [2.75, 3.05) is 10.5 Å². The van der Waals surface area contributed by atoms with E-state index >= 15 is 0 Å². The predicted octanol–water partition coefficient (Wildman–Crippen LogP) is 2.69. The zero-order valence-corrected chi connectivity index (χ0v) is 11.7. The van der Waals surface area contributed by atoms with Crippen LogP contribution in [0.3, 0.4) is 0 Å². The molecule has 0 saturated carbocycles. The molecule has 2 aromatic carbocycles. The summed E-state index contributed by atoms with van der Waals surface area (Å²) in [5.41, 5.74) is 8.59. The van der Waals surface area contributed by atoms with Gasteiger partial charge in [-0.05, 0) is 49.2 Å². The molecule has 0 saturated heterocycles. The van der Waals surface area contributed by atoms with Crippen molar-refractivity contribution in [2.24, 2.45) is 0 Å². The number of anilines is 2. The number of hydrogen-bond donors (Lipinski definition) is 2. The lowest BCUT2D eigenvalue weighted by molar-refractivity contribution is 0.601. The standard InChI is InChI=1S/C14H16N2O2S/c1-10-4-3-5-12(8-10)16-19(17,18)13-7-6-11(2)14(15)9-13/h3-9,16H,15H2,1-2H3. The average Bonchev–Trinajstić information content (AvgIpc) is 2.32. The third kappa shape index (κ3) is 3.06. The van der Waals surface area contributed by atoms with Crippen molar-refractivity contribution < 1.29 is 8.42 Å². The summed E-state index contributed by atoms with van der Waals surface area (Å²) in [5, 5.41) is 0. The second kappa shape index (κ2) is 4.93. The molecule has 0 heterocycles. The van der Waals surface area contributed by atoms with Gasteiger partial charge in [0.2, 0.25) is 0 Å². The summed E-state index contributed by atoms with van der Waals surface area (Å²) < 4.78 is 27.0. The highest BCUT2D eigenvalue weighted by atomic mass is 32.2. The smallest absolute Gasteiger partial charge is 0.261 e. The summed E-state index contributed by atoms with van der Waals surface area (Å²) in [6.45, 7) is 3.74. The van der Waals surface area contributed by atoms with Gasteiger partial charge in [-0.25, -0.2) is 8.42 Å². The van der Waals surface area contributed by atoms with E-state index in [-0.39, 0.29) is 4.90 Å². The number of nitrogens with one attached hydrogen (secondary N) is 1. The van der Waals surface area contributed by atoms with Crippen LogP contribution < -0.4 is 10.5 Å². The number of hydrogen-bond acceptors (Lipinski definition) is 3. The molecule has 0 radical (unpaired) electrons. The molecule has 0 spiro atoms. The van der Waals surface area contributed by atoms with Crippen LogP contribution in [0.5, 0.6) is 0 Å². The van der Waals surface area contributed by atoms with E-state index in [0.717, 1.165) is 11.1 Å². The van der Waals surface area contributed by atoms with E-state index in [9.17, 15) is 8.42 Å². The summed E-state index contributed by atoms with van der Waals surface area (Å²) in [7, 11) is -3.60. The lowest BCUT2D eigenvalue weighted by atomic mass is 10.2. The van der Waals surface area contributed by atoms with Crippen LogP contribution in [-0.4, -0.2) is 8.42 Å². The van der Waals surface area contributed by atoms with Gasteiger partial charge in [0.25, 0.3) is 10.0 Å². The summed E-state index contributed by atoms with van der Waals surface area (Å²) in [6.07, 6.45) is 0. The predicted molar refractivity (Wildman–Crippen MR) is 77.6 cm³/mol. The zero-order valence-electron chi connectivity index (χ0n) is 10.8. The summed E-state index contributed by atoms with van der Waals surface area (Å²) in [4.78, 5) is 0.164. The van der Waals surface area contributed by atoms with Gasteiger partial charge in [0.1, 0.15) is 0 Å². The molecule has 19 heavy (non-hydrogen) atoms. The minimum atomic E-state index is -3.60. The monoisotopic (exact) mass is 276 g/mol. The van der Waals surface area contributed by atoms with E-state index in [4.69, 9.17) is 5.73 Å². The third-order valence-corrected chi connectivity index (χ3v) is 4.21. The van der Waals surface area contributed by atoms with Gasteiger partial charge in [-0.3, -0.25) is 4.72 Å². The molecule has 100 valence electrons. The summed E-state index contributed by atoms with van der Waals surface area (Å²) >= 11 is 0. The maximum absolute atomic E-state index is 12.2. The molecule has 0 aliphatic rings. The molecular formula is C14H16N2O2S. The van der Waals surface area contributed by atoms with Gasteiger partial charge in [0.05, 0.1) is 4.90 Å². The molecule has 4 nitrogen and oxygen atoms in total. The highest BCUT2D eigenvalue weighted by Crippen LogP contribution is 2.20. The highest BCUT2D eigenvalue weighted by Gasteiger charge is 2.14. The second-order valence-corrected chi connectivity index (χ2v) is 6.18. The van der Waals surface area contributed by atoms with Crippen molar-refractivity contribution in [3.05, 3.63) is 53.6 Å². The number of aryl methyl sites for hydroxylation is 2. The Hall–Kier alpha value is -2.01. The van der Waals surface area contributed by atoms with Crippen LogP contribution in [0.15, 0.2) is 47.4 Å². The van der Waals surface area contributed by atoms with Crippen LogP contribution in [-0.2, 0) is 10.0 Å². The molecule has 0 atom stereocenters. The minimum absolute atomic E-state index is 0.164. The topological polar surface area (TPSA) is 72.2 Å². The molecule has 0 fully saturated rings. The van der Waals surface area contributed by atoms with Crippen LogP contribution >= 0.6 is 0 Å². The minimum Gasteiger partial charge on any atom is -0.398 e. The van der Waals surface area contributed by atoms with E-state index in [1.165, 1.54) is 6.07 Å². The Morgan fingerprint density at radius 2 is 1.79 bits per heavy atom. The van der Waals surface area contributed by atoms with E-state index in [1.54, 1.807) is 30.3 Å². The molecule has 0 aliphatic heterocycles. The second-order valence-electron chi connectivity index (χ2n) is 4.49. The number of benzene rings is 2. The third-order valence-electron chi connectivity index (χ3n) is 2.83. The molecule has 0 aliphatic carbocycles. The lowest BCUT2D eigenvalue weighted by Gasteiger charge is -2.10. The fourth-order valence-corrected chi connectivity index (χ4v) is 2.79. The number of sulfonamides is 1. The maximum Gasteiger partial charge on any atom is 0.261 e. The van der Waals surface area contributed by atoms with Crippen molar-refractivity contribution >= 4 is 21.4 Å². The van der Waals surface area contributed by atoms with Crippen molar-refractivity contribution in [2.45, 2.75) is 18.7 Å². The van der Waals surface area contributed by atoms with Gasteiger partial charge in [-0.2, -0.15) is 0 Å². The molecule has 0 amide bonds. The van der Waals surface area contributed by atoms with Gasteiger partial charge >= 0.3 is 0 Å². The molecular weight excluding hydrogens is 260 g/mol. The fraction of sp³-hybridized carbons (Fsp3) is 0.143. The quantitative estimate of drug-likeness (QED) is 0.847. The highest BCUT2D eigenvalue weighted by molar-refractivity contribution is 7.92. The Bertz CT molecular complexity index is 709. The fourth-order valence-electron chi connectivity index (χ4n) is 1.71. The van der Waals surface area contributed by atoms with E-state index in [1.807, 2.05) is 19.9 Å². The van der Waals surface area contributed by atoms with Gasteiger partial charge in [0, 0.05) is 11.4 Å². The van der Waals surface area contributed by atoms with Crippen molar-refractivity contribution in [1.29, 1.82) is 0 Å². The number of nitrogens with two attached hydrogens (primary N) is 1. The van der Waals surface area contributed by atoms with Gasteiger partial charge in [-0.15, -0.1) is 0 Å². The first-order valence-electron chi connectivity index (χ1n) is 5.84. The zero-order chi connectivity index (χ0) is 14.0. The van der Waals surface area contributed by atoms with Crippen molar-refractivity contribution in [3.63, 3.8) is 0 Å². The molecule has 0 bridgehead atoms. The summed E-state index contributed by atoms with van der Waals surface area (Å²) in [6, 6.07) is 11.9. The van der Waals surface area contributed by atoms with Crippen LogP contribution in [0.2, 0.25) is 0 Å². The van der Waals surface area contributed by atoms with E-state index < -0.39 is 10.0 Å². The normalized spacial score (nSPS) is 11.3. The van der Waals surface area contributed by atoms with Crippen LogP contribution in [0.1, 0.15) is 11.1 Å². The van der Waals surface area contributed by atoms with Gasteiger partial charge in [0.15, 0.2) is 0 Å². The Kier molecular flexibility index (Phi) is 3.48. The molecule has 0 unspecified atom stereocenters. The van der Waals surface area contributed by atoms with Crippen LogP contribution in [0.25, 0.3) is 0 Å². The van der Waals surface area contributed by atoms with Gasteiger partial charge in [-0.1, -0.05) is 18.2 Å².